The van der Waals surface area contributed by atoms with E-state index in [0.29, 0.717) is 18.5 Å². The predicted octanol–water partition coefficient (Wildman–Crippen LogP) is 2.93. The summed E-state index contributed by atoms with van der Waals surface area (Å²) < 4.78 is 26.5. The van der Waals surface area contributed by atoms with Crippen molar-refractivity contribution in [1.82, 2.24) is 10.2 Å². The van der Waals surface area contributed by atoms with Crippen molar-refractivity contribution in [2.24, 2.45) is 0 Å². The van der Waals surface area contributed by atoms with Crippen molar-refractivity contribution in [3.63, 3.8) is 0 Å². The second kappa shape index (κ2) is 7.22. The molecule has 0 aliphatic carbocycles. The van der Waals surface area contributed by atoms with Gasteiger partial charge in [-0.15, -0.1) is 0 Å². The van der Waals surface area contributed by atoms with Crippen LogP contribution in [0.3, 0.4) is 0 Å². The van der Waals surface area contributed by atoms with Crippen molar-refractivity contribution >= 4 is 17.7 Å². The summed E-state index contributed by atoms with van der Waals surface area (Å²) in [5, 5.41) is 3.21. The first-order valence-corrected chi connectivity index (χ1v) is 8.48. The smallest absolute Gasteiger partial charge is 0.241 e. The average Bonchev–Trinajstić information content (AvgIpc) is 2.79. The van der Waals surface area contributed by atoms with E-state index in [9.17, 15) is 13.6 Å². The summed E-state index contributed by atoms with van der Waals surface area (Å²) in [5.74, 6) is -0.756. The first kappa shape index (κ1) is 16.2. The first-order valence-electron chi connectivity index (χ1n) is 7.09. The molecule has 6 heteroatoms. The number of benzene rings is 1. The van der Waals surface area contributed by atoms with E-state index in [1.807, 2.05) is 13.2 Å². The molecule has 2 atom stereocenters. The Bertz CT molecular complexity index is 512. The van der Waals surface area contributed by atoms with Crippen LogP contribution in [0.1, 0.15) is 31.5 Å². The number of carbonyl (C=O) groups is 1. The molecule has 1 aromatic rings. The summed E-state index contributed by atoms with van der Waals surface area (Å²) in [4.78, 5) is 14.1. The zero-order chi connectivity index (χ0) is 15.4. The molecule has 1 heterocycles. The van der Waals surface area contributed by atoms with Crippen LogP contribution in [0.5, 0.6) is 0 Å². The number of hydrogen-bond donors (Lipinski definition) is 1. The highest BCUT2D eigenvalue weighted by Crippen LogP contribution is 2.27. The summed E-state index contributed by atoms with van der Waals surface area (Å²) in [6.07, 6.45) is 3.20. The van der Waals surface area contributed by atoms with Crippen molar-refractivity contribution in [3.8, 4) is 0 Å². The maximum Gasteiger partial charge on any atom is 0.241 e. The summed E-state index contributed by atoms with van der Waals surface area (Å²) in [6, 6.07) is 3.55. The van der Waals surface area contributed by atoms with E-state index in [2.05, 4.69) is 5.32 Å². The topological polar surface area (TPSA) is 32.3 Å². The Morgan fingerprint density at radius 1 is 1.33 bits per heavy atom. The minimum absolute atomic E-state index is 0.0355. The maximum atomic E-state index is 13.4. The van der Waals surface area contributed by atoms with Gasteiger partial charge in [-0.25, -0.2) is 8.78 Å². The van der Waals surface area contributed by atoms with Gasteiger partial charge in [0, 0.05) is 6.54 Å². The highest BCUT2D eigenvalue weighted by Gasteiger charge is 2.38. The van der Waals surface area contributed by atoms with Gasteiger partial charge < -0.3 is 4.90 Å². The third kappa shape index (κ3) is 3.55. The molecule has 1 aliphatic heterocycles. The van der Waals surface area contributed by atoms with Gasteiger partial charge >= 0.3 is 0 Å². The van der Waals surface area contributed by atoms with E-state index in [1.165, 1.54) is 12.1 Å². The predicted molar refractivity (Wildman–Crippen MR) is 81.0 cm³/mol. The lowest BCUT2D eigenvalue weighted by Crippen LogP contribution is -2.32. The van der Waals surface area contributed by atoms with Gasteiger partial charge in [-0.2, -0.15) is 11.8 Å². The largest absolute Gasteiger partial charge is 0.322 e. The van der Waals surface area contributed by atoms with Gasteiger partial charge in [0.15, 0.2) is 11.6 Å². The van der Waals surface area contributed by atoms with Crippen LogP contribution in [-0.4, -0.2) is 35.4 Å². The molecule has 2 rings (SSSR count). The number of hydrogen-bond acceptors (Lipinski definition) is 3. The molecular weight excluding hydrogens is 294 g/mol. The summed E-state index contributed by atoms with van der Waals surface area (Å²) in [5.41, 5.74) is 0.586. The van der Waals surface area contributed by atoms with Crippen LogP contribution in [0, 0.1) is 11.6 Å². The number of thioether (sulfide) groups is 1. The van der Waals surface area contributed by atoms with Crippen LogP contribution in [-0.2, 0) is 4.79 Å². The highest BCUT2D eigenvalue weighted by molar-refractivity contribution is 7.98. The molecular formula is C15H20F2N2OS. The molecule has 2 unspecified atom stereocenters. The van der Waals surface area contributed by atoms with Crippen LogP contribution < -0.4 is 5.32 Å². The van der Waals surface area contributed by atoms with E-state index in [1.54, 1.807) is 16.7 Å². The van der Waals surface area contributed by atoms with Gasteiger partial charge in [-0.3, -0.25) is 10.1 Å². The van der Waals surface area contributed by atoms with Gasteiger partial charge in [0.2, 0.25) is 5.91 Å². The number of rotatable bonds is 6. The van der Waals surface area contributed by atoms with Crippen molar-refractivity contribution < 1.29 is 13.6 Å². The number of amides is 1. The molecule has 0 radical (unpaired) electrons. The number of halogens is 2. The lowest BCUT2D eigenvalue weighted by molar-refractivity contribution is -0.130. The van der Waals surface area contributed by atoms with E-state index < -0.39 is 11.6 Å². The average molecular weight is 314 g/mol. The van der Waals surface area contributed by atoms with E-state index in [-0.39, 0.29) is 18.1 Å². The zero-order valence-corrected chi connectivity index (χ0v) is 13.1. The molecule has 0 saturated carbocycles. The van der Waals surface area contributed by atoms with Gasteiger partial charge in [0.05, 0.1) is 6.04 Å². The Kier molecular flexibility index (Phi) is 5.58. The fraction of sp³-hybridized carbons (Fsp3) is 0.533. The quantitative estimate of drug-likeness (QED) is 0.820. The summed E-state index contributed by atoms with van der Waals surface area (Å²) in [7, 11) is 0. The van der Waals surface area contributed by atoms with Crippen molar-refractivity contribution in [1.29, 1.82) is 0 Å². The van der Waals surface area contributed by atoms with Crippen molar-refractivity contribution in [2.45, 2.75) is 32.0 Å². The molecule has 21 heavy (non-hydrogen) atoms. The monoisotopic (exact) mass is 314 g/mol. The number of nitrogens with zero attached hydrogens (tertiary/aromatic N) is 1. The molecule has 1 aliphatic rings. The molecule has 1 N–H and O–H groups in total. The van der Waals surface area contributed by atoms with Gasteiger partial charge in [0.25, 0.3) is 0 Å². The zero-order valence-electron chi connectivity index (χ0n) is 12.2. The Hall–Kier alpha value is -1.14. The third-order valence-corrected chi connectivity index (χ3v) is 4.36. The molecule has 116 valence electrons. The SMILES string of the molecule is CCC1NC(c2ccc(F)c(F)c2)N(CCCSC)C1=O. The van der Waals surface area contributed by atoms with Crippen molar-refractivity contribution in [2.75, 3.05) is 18.6 Å². The van der Waals surface area contributed by atoms with Crippen molar-refractivity contribution in [3.05, 3.63) is 35.4 Å². The molecule has 1 fully saturated rings. The first-order chi connectivity index (χ1) is 10.1. The third-order valence-electron chi connectivity index (χ3n) is 3.67. The Morgan fingerprint density at radius 2 is 2.10 bits per heavy atom. The second-order valence-electron chi connectivity index (χ2n) is 5.08. The molecule has 0 spiro atoms. The van der Waals surface area contributed by atoms with Crippen LogP contribution in [0.25, 0.3) is 0 Å². The number of carbonyl (C=O) groups excluding carboxylic acids is 1. The van der Waals surface area contributed by atoms with Gasteiger partial charge in [0.1, 0.15) is 6.17 Å². The lowest BCUT2D eigenvalue weighted by atomic mass is 10.1. The maximum absolute atomic E-state index is 13.4. The molecule has 3 nitrogen and oxygen atoms in total. The Labute approximate surface area is 128 Å². The Morgan fingerprint density at radius 3 is 2.71 bits per heavy atom. The minimum Gasteiger partial charge on any atom is -0.322 e. The summed E-state index contributed by atoms with van der Waals surface area (Å²) >= 11 is 1.73. The fourth-order valence-electron chi connectivity index (χ4n) is 2.55. The summed E-state index contributed by atoms with van der Waals surface area (Å²) in [6.45, 7) is 2.55. The standard InChI is InChI=1S/C15H20F2N2OS/c1-3-13-15(20)19(7-4-8-21-2)14(18-13)10-5-6-11(16)12(17)9-10/h5-6,9,13-14,18H,3-4,7-8H2,1-2H3. The van der Waals surface area contributed by atoms with Crippen LogP contribution in [0.15, 0.2) is 18.2 Å². The fourth-order valence-corrected chi connectivity index (χ4v) is 2.97. The normalized spacial score (nSPS) is 22.1. The molecule has 1 aromatic carbocycles. The minimum atomic E-state index is -0.884. The van der Waals surface area contributed by atoms with Crippen LogP contribution in [0.4, 0.5) is 8.78 Å². The van der Waals surface area contributed by atoms with Crippen LogP contribution in [0.2, 0.25) is 0 Å². The van der Waals surface area contributed by atoms with E-state index in [0.717, 1.165) is 18.2 Å². The molecule has 1 saturated heterocycles. The molecule has 0 bridgehead atoms. The van der Waals surface area contributed by atoms with Gasteiger partial charge in [-0.05, 0) is 42.5 Å². The Balaban J connectivity index is 2.21. The second-order valence-corrected chi connectivity index (χ2v) is 6.07. The number of nitrogens with one attached hydrogen (secondary N) is 1. The lowest BCUT2D eigenvalue weighted by Gasteiger charge is -2.24. The van der Waals surface area contributed by atoms with E-state index >= 15 is 0 Å². The van der Waals surface area contributed by atoms with Gasteiger partial charge in [-0.1, -0.05) is 13.0 Å². The van der Waals surface area contributed by atoms with Crippen LogP contribution >= 0.6 is 11.8 Å². The molecule has 0 aromatic heterocycles. The van der Waals surface area contributed by atoms with E-state index in [4.69, 9.17) is 0 Å². The molecule has 1 amide bonds. The highest BCUT2D eigenvalue weighted by atomic mass is 32.2.